The molecule has 5 nitrogen and oxygen atoms in total. The lowest BCUT2D eigenvalue weighted by atomic mass is 9.86. The van der Waals surface area contributed by atoms with Gasteiger partial charge >= 0.3 is 0 Å². The summed E-state index contributed by atoms with van der Waals surface area (Å²) in [5.41, 5.74) is 4.68. The van der Waals surface area contributed by atoms with Gasteiger partial charge in [-0.3, -0.25) is 9.59 Å². The van der Waals surface area contributed by atoms with Gasteiger partial charge in [0.25, 0.3) is 5.91 Å². The Morgan fingerprint density at radius 3 is 2.52 bits per heavy atom. The Kier molecular flexibility index (Phi) is 7.36. The summed E-state index contributed by atoms with van der Waals surface area (Å²) in [7, 11) is 0. The Morgan fingerprint density at radius 2 is 1.82 bits per heavy atom. The van der Waals surface area contributed by atoms with E-state index < -0.39 is 0 Å². The molecular formula is C28H36N2O3. The third-order valence-corrected chi connectivity index (χ3v) is 6.80. The van der Waals surface area contributed by atoms with Crippen molar-refractivity contribution >= 4 is 11.8 Å². The molecule has 176 valence electrons. The molecule has 0 aromatic heterocycles. The number of nitrogens with one attached hydrogen (secondary N) is 1. The molecule has 5 heteroatoms. The molecule has 2 aliphatic rings. The molecule has 2 aromatic rings. The maximum Gasteiger partial charge on any atom is 0.257 e. The van der Waals surface area contributed by atoms with Gasteiger partial charge in [-0.1, -0.05) is 62.6 Å². The third kappa shape index (κ3) is 5.58. The highest BCUT2D eigenvalue weighted by Crippen LogP contribution is 2.39. The molecule has 1 heterocycles. The van der Waals surface area contributed by atoms with Gasteiger partial charge in [0.2, 0.25) is 5.91 Å². The van der Waals surface area contributed by atoms with Crippen LogP contribution in [-0.4, -0.2) is 36.4 Å². The van der Waals surface area contributed by atoms with E-state index in [2.05, 4.69) is 61.3 Å². The molecule has 1 unspecified atom stereocenters. The monoisotopic (exact) mass is 448 g/mol. The molecule has 0 spiro atoms. The number of hydrogen-bond acceptors (Lipinski definition) is 3. The second-order valence-electron chi connectivity index (χ2n) is 9.92. The van der Waals surface area contributed by atoms with E-state index in [-0.39, 0.29) is 30.4 Å². The predicted octanol–water partition coefficient (Wildman–Crippen LogP) is 4.81. The summed E-state index contributed by atoms with van der Waals surface area (Å²) in [6.07, 6.45) is 5.12. The standard InChI is InChI=1S/C28H36N2O3/c1-19(2)17-29-26(31)18-33-24-13-12-21-14-15-30(28(32)23-6-4-5-7-23)27(25(21)16-24)22-10-8-20(3)9-11-22/h8-13,16,19,23,27H,4-7,14-15,17-18H2,1-3H3,(H,29,31). The van der Waals surface area contributed by atoms with Crippen LogP contribution in [0.15, 0.2) is 42.5 Å². The van der Waals surface area contributed by atoms with Crippen LogP contribution >= 0.6 is 0 Å². The van der Waals surface area contributed by atoms with Crippen LogP contribution in [0.25, 0.3) is 0 Å². The molecular weight excluding hydrogens is 412 g/mol. The van der Waals surface area contributed by atoms with Crippen molar-refractivity contribution < 1.29 is 14.3 Å². The van der Waals surface area contributed by atoms with Gasteiger partial charge in [-0.15, -0.1) is 0 Å². The van der Waals surface area contributed by atoms with E-state index in [9.17, 15) is 9.59 Å². The molecule has 1 N–H and O–H groups in total. The van der Waals surface area contributed by atoms with Crippen LogP contribution in [0.5, 0.6) is 5.75 Å². The average molecular weight is 449 g/mol. The van der Waals surface area contributed by atoms with Crippen LogP contribution in [0, 0.1) is 18.8 Å². The highest BCUT2D eigenvalue weighted by molar-refractivity contribution is 5.80. The van der Waals surface area contributed by atoms with E-state index in [1.165, 1.54) is 11.1 Å². The Morgan fingerprint density at radius 1 is 1.09 bits per heavy atom. The lowest BCUT2D eigenvalue weighted by Gasteiger charge is -2.39. The molecule has 1 fully saturated rings. The van der Waals surface area contributed by atoms with Crippen LogP contribution in [-0.2, 0) is 16.0 Å². The zero-order valence-corrected chi connectivity index (χ0v) is 20.1. The van der Waals surface area contributed by atoms with Crippen molar-refractivity contribution in [3.8, 4) is 5.75 Å². The quantitative estimate of drug-likeness (QED) is 0.661. The normalized spacial score (nSPS) is 18.3. The Balaban J connectivity index is 1.60. The number of rotatable bonds is 7. The minimum absolute atomic E-state index is 0.00851. The fourth-order valence-electron chi connectivity index (χ4n) is 4.95. The average Bonchev–Trinajstić information content (AvgIpc) is 3.36. The van der Waals surface area contributed by atoms with Gasteiger partial charge in [0.1, 0.15) is 5.75 Å². The summed E-state index contributed by atoms with van der Waals surface area (Å²) in [4.78, 5) is 27.7. The van der Waals surface area contributed by atoms with Gasteiger partial charge in [-0.2, -0.15) is 0 Å². The predicted molar refractivity (Wildman–Crippen MR) is 130 cm³/mol. The molecule has 1 aliphatic heterocycles. The summed E-state index contributed by atoms with van der Waals surface area (Å²) in [6, 6.07) is 14.4. The maximum absolute atomic E-state index is 13.5. The number of carbonyl (C=O) groups is 2. The minimum atomic E-state index is -0.124. The van der Waals surface area contributed by atoms with Crippen molar-refractivity contribution in [1.82, 2.24) is 10.2 Å². The second kappa shape index (κ2) is 10.4. The van der Waals surface area contributed by atoms with Crippen LogP contribution in [0.3, 0.4) is 0 Å². The van der Waals surface area contributed by atoms with E-state index in [1.807, 2.05) is 12.1 Å². The van der Waals surface area contributed by atoms with E-state index >= 15 is 0 Å². The molecule has 1 aliphatic carbocycles. The van der Waals surface area contributed by atoms with Gasteiger partial charge in [0, 0.05) is 19.0 Å². The van der Waals surface area contributed by atoms with E-state index in [1.54, 1.807) is 0 Å². The number of hydrogen-bond donors (Lipinski definition) is 1. The first-order valence-corrected chi connectivity index (χ1v) is 12.3. The zero-order chi connectivity index (χ0) is 23.4. The topological polar surface area (TPSA) is 58.6 Å². The number of nitrogens with zero attached hydrogens (tertiary/aromatic N) is 1. The lowest BCUT2D eigenvalue weighted by Crippen LogP contribution is -2.43. The van der Waals surface area contributed by atoms with Crippen molar-refractivity contribution in [1.29, 1.82) is 0 Å². The first-order chi connectivity index (χ1) is 15.9. The summed E-state index contributed by atoms with van der Waals surface area (Å²) >= 11 is 0. The van der Waals surface area contributed by atoms with Gasteiger partial charge in [-0.25, -0.2) is 0 Å². The fraction of sp³-hybridized carbons (Fsp3) is 0.500. The molecule has 4 rings (SSSR count). The number of amides is 2. The van der Waals surface area contributed by atoms with Gasteiger partial charge in [0.15, 0.2) is 6.61 Å². The number of aryl methyl sites for hydroxylation is 1. The first-order valence-electron chi connectivity index (χ1n) is 12.3. The van der Waals surface area contributed by atoms with Crippen molar-refractivity contribution in [3.05, 3.63) is 64.7 Å². The number of benzene rings is 2. The molecule has 33 heavy (non-hydrogen) atoms. The molecule has 1 atom stereocenters. The van der Waals surface area contributed by atoms with E-state index in [0.717, 1.165) is 49.8 Å². The Labute approximate surface area is 197 Å². The molecule has 0 bridgehead atoms. The van der Waals surface area contributed by atoms with Gasteiger partial charge < -0.3 is 15.0 Å². The van der Waals surface area contributed by atoms with Crippen LogP contribution < -0.4 is 10.1 Å². The zero-order valence-electron chi connectivity index (χ0n) is 20.1. The SMILES string of the molecule is Cc1ccc(C2c3cc(OCC(=O)NCC(C)C)ccc3CCN2C(=O)C2CCCC2)cc1. The number of fused-ring (bicyclic) bond motifs is 1. The highest BCUT2D eigenvalue weighted by Gasteiger charge is 2.36. The lowest BCUT2D eigenvalue weighted by molar-refractivity contribution is -0.137. The van der Waals surface area contributed by atoms with E-state index in [0.29, 0.717) is 18.2 Å². The number of ether oxygens (including phenoxy) is 1. The van der Waals surface area contributed by atoms with Crippen LogP contribution in [0.4, 0.5) is 0 Å². The molecule has 2 amide bonds. The molecule has 0 saturated heterocycles. The van der Waals surface area contributed by atoms with Crippen LogP contribution in [0.1, 0.15) is 67.8 Å². The number of carbonyl (C=O) groups excluding carboxylic acids is 2. The van der Waals surface area contributed by atoms with Crippen molar-refractivity contribution in [2.75, 3.05) is 19.7 Å². The minimum Gasteiger partial charge on any atom is -0.484 e. The largest absolute Gasteiger partial charge is 0.484 e. The highest BCUT2D eigenvalue weighted by atomic mass is 16.5. The van der Waals surface area contributed by atoms with Crippen molar-refractivity contribution in [2.45, 2.75) is 58.9 Å². The van der Waals surface area contributed by atoms with Crippen LogP contribution in [0.2, 0.25) is 0 Å². The summed E-state index contributed by atoms with van der Waals surface area (Å²) < 4.78 is 5.85. The smallest absolute Gasteiger partial charge is 0.257 e. The van der Waals surface area contributed by atoms with Crippen molar-refractivity contribution in [2.24, 2.45) is 11.8 Å². The fourth-order valence-corrected chi connectivity index (χ4v) is 4.95. The molecule has 1 saturated carbocycles. The summed E-state index contributed by atoms with van der Waals surface area (Å²) in [5, 5.41) is 2.89. The Bertz CT molecular complexity index is 977. The van der Waals surface area contributed by atoms with Gasteiger partial charge in [-0.05, 0) is 60.9 Å². The van der Waals surface area contributed by atoms with E-state index in [4.69, 9.17) is 4.74 Å². The second-order valence-corrected chi connectivity index (χ2v) is 9.92. The first kappa shape index (κ1) is 23.3. The maximum atomic E-state index is 13.5. The summed E-state index contributed by atoms with van der Waals surface area (Å²) in [6.45, 7) is 7.57. The molecule has 2 aromatic carbocycles. The summed E-state index contributed by atoms with van der Waals surface area (Å²) in [5.74, 6) is 1.37. The Hall–Kier alpha value is -2.82. The third-order valence-electron chi connectivity index (χ3n) is 6.80. The van der Waals surface area contributed by atoms with Crippen molar-refractivity contribution in [3.63, 3.8) is 0 Å². The van der Waals surface area contributed by atoms with Gasteiger partial charge in [0.05, 0.1) is 6.04 Å². The molecule has 0 radical (unpaired) electrons.